The Labute approximate surface area is 197 Å². The quantitative estimate of drug-likeness (QED) is 0.478. The molecule has 2 aromatic carbocycles. The zero-order valence-corrected chi connectivity index (χ0v) is 18.6. The number of nitrogens with zero attached hydrogens (tertiary/aromatic N) is 5. The first-order valence-electron chi connectivity index (χ1n) is 10.7. The number of likely N-dealkylation sites (tertiary alicyclic amines) is 1. The summed E-state index contributed by atoms with van der Waals surface area (Å²) in [5, 5.41) is 8.61. The Kier molecular flexibility index (Phi) is 5.82. The molecule has 0 bridgehead atoms. The van der Waals surface area contributed by atoms with Gasteiger partial charge in [0.05, 0.1) is 12.1 Å². The number of hydrogen-bond acceptors (Lipinski definition) is 5. The number of aromatic nitrogens is 5. The van der Waals surface area contributed by atoms with E-state index in [1.807, 2.05) is 12.1 Å². The first-order chi connectivity index (χ1) is 16.4. The van der Waals surface area contributed by atoms with Gasteiger partial charge in [-0.2, -0.15) is 0 Å². The average Bonchev–Trinajstić information content (AvgIpc) is 3.22. The van der Waals surface area contributed by atoms with Crippen LogP contribution in [0.25, 0.3) is 11.2 Å². The van der Waals surface area contributed by atoms with Crippen LogP contribution in [0, 0.1) is 11.6 Å². The summed E-state index contributed by atoms with van der Waals surface area (Å²) in [7, 11) is 0. The summed E-state index contributed by atoms with van der Waals surface area (Å²) >= 11 is 6.07. The van der Waals surface area contributed by atoms with Crippen LogP contribution in [0.15, 0.2) is 47.3 Å². The van der Waals surface area contributed by atoms with Crippen LogP contribution in [0.2, 0.25) is 5.02 Å². The number of carbonyl (C=O) groups is 1. The van der Waals surface area contributed by atoms with Gasteiger partial charge in [-0.3, -0.25) is 9.59 Å². The predicted octanol–water partition coefficient (Wildman–Crippen LogP) is 3.51. The molecule has 2 aromatic heterocycles. The molecule has 8 nitrogen and oxygen atoms in total. The largest absolute Gasteiger partial charge is 0.338 e. The van der Waals surface area contributed by atoms with E-state index in [-0.39, 0.29) is 23.5 Å². The lowest BCUT2D eigenvalue weighted by atomic mass is 9.96. The monoisotopic (exact) mass is 484 g/mol. The van der Waals surface area contributed by atoms with Crippen LogP contribution < -0.4 is 5.56 Å². The van der Waals surface area contributed by atoms with Gasteiger partial charge in [-0.05, 0) is 42.7 Å². The molecule has 1 saturated heterocycles. The highest BCUT2D eigenvalue weighted by atomic mass is 35.5. The second-order valence-corrected chi connectivity index (χ2v) is 8.65. The standard InChI is InChI=1S/C23H19ClF2N6O2/c24-15-5-1-3-13(9-15)11-32-21-19(29-30-32)22(33)28-20(27-21)14-4-2-8-31(12-14)23(34)17-7-6-16(25)10-18(17)26/h1,3,5-7,9-10,14H,2,4,8,11-12H2,(H,27,28,33). The van der Waals surface area contributed by atoms with Crippen molar-refractivity contribution < 1.29 is 13.6 Å². The molecule has 34 heavy (non-hydrogen) atoms. The number of benzene rings is 2. The fourth-order valence-corrected chi connectivity index (χ4v) is 4.42. The summed E-state index contributed by atoms with van der Waals surface area (Å²) in [4.78, 5) is 34.4. The van der Waals surface area contributed by atoms with Crippen LogP contribution >= 0.6 is 11.6 Å². The molecule has 0 saturated carbocycles. The fourth-order valence-electron chi connectivity index (χ4n) is 4.21. The van der Waals surface area contributed by atoms with Crippen molar-refractivity contribution in [2.75, 3.05) is 13.1 Å². The van der Waals surface area contributed by atoms with Crippen molar-refractivity contribution in [3.8, 4) is 0 Å². The third kappa shape index (κ3) is 4.28. The molecule has 0 radical (unpaired) electrons. The molecule has 1 fully saturated rings. The van der Waals surface area contributed by atoms with Crippen molar-refractivity contribution in [2.45, 2.75) is 25.3 Å². The van der Waals surface area contributed by atoms with Gasteiger partial charge in [0.15, 0.2) is 11.2 Å². The number of aromatic amines is 1. The molecular weight excluding hydrogens is 466 g/mol. The molecule has 4 aromatic rings. The van der Waals surface area contributed by atoms with E-state index in [2.05, 4.69) is 20.3 Å². The lowest BCUT2D eigenvalue weighted by Crippen LogP contribution is -2.40. The number of hydrogen-bond donors (Lipinski definition) is 1. The van der Waals surface area contributed by atoms with E-state index in [1.54, 1.807) is 12.1 Å². The lowest BCUT2D eigenvalue weighted by molar-refractivity contribution is 0.0699. The van der Waals surface area contributed by atoms with E-state index >= 15 is 0 Å². The van der Waals surface area contributed by atoms with Crippen LogP contribution in [-0.4, -0.2) is 48.9 Å². The van der Waals surface area contributed by atoms with E-state index in [0.29, 0.717) is 48.5 Å². The highest BCUT2D eigenvalue weighted by Crippen LogP contribution is 2.26. The Morgan fingerprint density at radius 1 is 1.21 bits per heavy atom. The highest BCUT2D eigenvalue weighted by Gasteiger charge is 2.29. The molecule has 3 heterocycles. The Hall–Kier alpha value is -3.66. The molecule has 5 rings (SSSR count). The van der Waals surface area contributed by atoms with Crippen LogP contribution in [-0.2, 0) is 6.54 Å². The number of nitrogens with one attached hydrogen (secondary N) is 1. The van der Waals surface area contributed by atoms with E-state index in [4.69, 9.17) is 11.6 Å². The van der Waals surface area contributed by atoms with Gasteiger partial charge in [-0.25, -0.2) is 18.4 Å². The maximum Gasteiger partial charge on any atom is 0.281 e. The maximum atomic E-state index is 14.1. The molecule has 1 atom stereocenters. The Balaban J connectivity index is 1.43. The second kappa shape index (κ2) is 8.94. The highest BCUT2D eigenvalue weighted by molar-refractivity contribution is 6.30. The number of carbonyl (C=O) groups excluding carboxylic acids is 1. The minimum atomic E-state index is -0.906. The van der Waals surface area contributed by atoms with Crippen LogP contribution in [0.5, 0.6) is 0 Å². The molecule has 1 amide bonds. The van der Waals surface area contributed by atoms with Gasteiger partial charge < -0.3 is 9.88 Å². The number of halogens is 3. The number of piperidine rings is 1. The molecule has 0 aliphatic carbocycles. The van der Waals surface area contributed by atoms with E-state index in [9.17, 15) is 18.4 Å². The molecule has 0 spiro atoms. The third-order valence-electron chi connectivity index (χ3n) is 5.87. The van der Waals surface area contributed by atoms with Crippen molar-refractivity contribution in [3.05, 3.63) is 86.4 Å². The topological polar surface area (TPSA) is 96.8 Å². The number of rotatable bonds is 4. The van der Waals surface area contributed by atoms with Crippen molar-refractivity contribution in [3.63, 3.8) is 0 Å². The lowest BCUT2D eigenvalue weighted by Gasteiger charge is -2.32. The maximum absolute atomic E-state index is 14.1. The number of H-pyrrole nitrogens is 1. The number of fused-ring (bicyclic) bond motifs is 1. The van der Waals surface area contributed by atoms with Crippen LogP contribution in [0.4, 0.5) is 8.78 Å². The smallest absolute Gasteiger partial charge is 0.281 e. The van der Waals surface area contributed by atoms with Crippen molar-refractivity contribution in [2.24, 2.45) is 0 Å². The van der Waals surface area contributed by atoms with Crippen molar-refractivity contribution in [1.82, 2.24) is 29.9 Å². The first-order valence-corrected chi connectivity index (χ1v) is 11.1. The molecule has 1 unspecified atom stereocenters. The van der Waals surface area contributed by atoms with Gasteiger partial charge in [0.1, 0.15) is 17.5 Å². The van der Waals surface area contributed by atoms with E-state index in [0.717, 1.165) is 17.7 Å². The zero-order valence-electron chi connectivity index (χ0n) is 17.8. The molecule has 1 aliphatic heterocycles. The zero-order chi connectivity index (χ0) is 23.8. The normalized spacial score (nSPS) is 16.2. The third-order valence-corrected chi connectivity index (χ3v) is 6.11. The van der Waals surface area contributed by atoms with Gasteiger partial charge >= 0.3 is 0 Å². The summed E-state index contributed by atoms with van der Waals surface area (Å²) in [6.07, 6.45) is 1.32. The molecule has 11 heteroatoms. The first kappa shape index (κ1) is 22.1. The summed E-state index contributed by atoms with van der Waals surface area (Å²) < 4.78 is 28.9. The molecule has 1 aliphatic rings. The van der Waals surface area contributed by atoms with E-state index in [1.165, 1.54) is 9.58 Å². The van der Waals surface area contributed by atoms with Crippen molar-refractivity contribution in [1.29, 1.82) is 0 Å². The average molecular weight is 485 g/mol. The minimum Gasteiger partial charge on any atom is -0.338 e. The molecular formula is C23H19ClF2N6O2. The van der Waals surface area contributed by atoms with Crippen molar-refractivity contribution >= 4 is 28.7 Å². The summed E-state index contributed by atoms with van der Waals surface area (Å²) in [6, 6.07) is 10.1. The Morgan fingerprint density at radius 3 is 2.85 bits per heavy atom. The predicted molar refractivity (Wildman–Crippen MR) is 121 cm³/mol. The summed E-state index contributed by atoms with van der Waals surface area (Å²) in [6.45, 7) is 0.985. The molecule has 1 N–H and O–H groups in total. The Bertz CT molecular complexity index is 1450. The van der Waals surface area contributed by atoms with Crippen LogP contribution in [0.3, 0.4) is 0 Å². The van der Waals surface area contributed by atoms with Gasteiger partial charge in [0, 0.05) is 30.1 Å². The Morgan fingerprint density at radius 2 is 2.06 bits per heavy atom. The van der Waals surface area contributed by atoms with Gasteiger partial charge in [-0.1, -0.05) is 28.9 Å². The fraction of sp³-hybridized carbons (Fsp3) is 0.261. The summed E-state index contributed by atoms with van der Waals surface area (Å²) in [5.74, 6) is -2.05. The van der Waals surface area contributed by atoms with Gasteiger partial charge in [-0.15, -0.1) is 5.10 Å². The van der Waals surface area contributed by atoms with Crippen LogP contribution in [0.1, 0.15) is 40.5 Å². The summed E-state index contributed by atoms with van der Waals surface area (Å²) in [5.41, 5.74) is 0.696. The minimum absolute atomic E-state index is 0.114. The van der Waals surface area contributed by atoms with Gasteiger partial charge in [0.2, 0.25) is 0 Å². The van der Waals surface area contributed by atoms with E-state index < -0.39 is 23.1 Å². The second-order valence-electron chi connectivity index (χ2n) is 8.21. The van der Waals surface area contributed by atoms with Gasteiger partial charge in [0.25, 0.3) is 11.5 Å². The SMILES string of the molecule is O=C(c1ccc(F)cc1F)N1CCCC(c2nc3c(nnn3Cc3cccc(Cl)c3)c(=O)[nH]2)C1. The molecule has 174 valence electrons. The number of amides is 1.